The SMILES string of the molecule is C/C1=C/C=C/C(C)[C@H](O)[C@@H](C)C(O)[C@@H](C)C(OC(=O)CC(=O)N2CCC(N3CCCCC3)CC2)[C@H](C)C/C=C/OC2(C)Oc3c(C)c(O)c4c(O)c(c5c(c4c3C2=O)=NC2(CCN(CC(C)C)CC2)N=5)NC1=O.CO. The number of rotatable bonds is 6. The van der Waals surface area contributed by atoms with E-state index in [1.165, 1.54) is 32.4 Å². The van der Waals surface area contributed by atoms with Gasteiger partial charge in [-0.25, -0.2) is 0 Å². The van der Waals surface area contributed by atoms with Gasteiger partial charge in [-0.1, -0.05) is 66.2 Å². The second kappa shape index (κ2) is 23.9. The van der Waals surface area contributed by atoms with E-state index in [0.29, 0.717) is 51.0 Å². The topological polar surface area (TPSA) is 244 Å². The van der Waals surface area contributed by atoms with Crippen molar-refractivity contribution in [3.8, 4) is 17.2 Å². The molecule has 412 valence electrons. The predicted molar refractivity (Wildman–Crippen MR) is 284 cm³/mol. The highest BCUT2D eigenvalue weighted by molar-refractivity contribution is 6.19. The molecular formula is C57H82N6O12. The van der Waals surface area contributed by atoms with Crippen molar-refractivity contribution in [1.82, 2.24) is 14.7 Å². The predicted octanol–water partition coefficient (Wildman–Crippen LogP) is 5.58. The second-order valence-electron chi connectivity index (χ2n) is 22.4. The number of amides is 2. The summed E-state index contributed by atoms with van der Waals surface area (Å²) in [6, 6.07) is 0.434. The number of benzene rings is 2. The van der Waals surface area contributed by atoms with Gasteiger partial charge in [0.15, 0.2) is 11.4 Å². The van der Waals surface area contributed by atoms with Crippen molar-refractivity contribution in [2.45, 2.75) is 156 Å². The molecule has 0 radical (unpaired) electrons. The number of piperidine rings is 3. The molecule has 0 aliphatic carbocycles. The van der Waals surface area contributed by atoms with Gasteiger partial charge in [0, 0.05) is 99.9 Å². The van der Waals surface area contributed by atoms with Crippen molar-refractivity contribution in [3.05, 3.63) is 58.0 Å². The van der Waals surface area contributed by atoms with Gasteiger partial charge in [0.05, 0.1) is 34.8 Å². The lowest BCUT2D eigenvalue weighted by atomic mass is 9.79. The summed E-state index contributed by atoms with van der Waals surface area (Å²) in [6.07, 6.45) is 11.0. The highest BCUT2D eigenvalue weighted by atomic mass is 16.7. The van der Waals surface area contributed by atoms with Gasteiger partial charge in [0.2, 0.25) is 5.91 Å². The van der Waals surface area contributed by atoms with E-state index in [1.54, 1.807) is 63.8 Å². The van der Waals surface area contributed by atoms with Crippen molar-refractivity contribution < 1.29 is 58.9 Å². The molecule has 9 rings (SSSR count). The van der Waals surface area contributed by atoms with Crippen LogP contribution in [0, 0.1) is 36.5 Å². The lowest BCUT2D eigenvalue weighted by Crippen LogP contribution is -2.48. The van der Waals surface area contributed by atoms with Crippen LogP contribution in [-0.2, 0) is 23.9 Å². The molecule has 18 nitrogen and oxygen atoms in total. The summed E-state index contributed by atoms with van der Waals surface area (Å²) in [5, 5.41) is 58.0. The van der Waals surface area contributed by atoms with E-state index >= 15 is 0 Å². The van der Waals surface area contributed by atoms with Crippen LogP contribution in [0.25, 0.3) is 10.8 Å². The number of allylic oxidation sites excluding steroid dienone is 3. The quantitative estimate of drug-likeness (QED) is 0.118. The molecule has 2 aromatic carbocycles. The molecule has 2 amide bonds. The molecule has 3 fully saturated rings. The molecule has 7 heterocycles. The second-order valence-corrected chi connectivity index (χ2v) is 22.4. The zero-order valence-corrected chi connectivity index (χ0v) is 45.7. The maximum atomic E-state index is 14.9. The standard InChI is InChI=1S/C56H78N6O11.CH4O/c1-31(2)30-60-26-20-56(21-27-60)58-44-41-42-49(67)37(8)52-43(41)53(69)55(9,73-52)71-28-14-17-33(4)51(72-40(64)29-39(63)62-24-18-38(19-25-62)61-22-11-10-12-23-61)36(7)48(66)35(6)47(65)32(3)15-13-16-34(5)54(70)57-46(50(42)68)45(44)59-56;1-2/h13-16,28,31-33,35-36,38,47-48,51,65-68H,10-12,17-27,29-30H2,1-9H3,(H,57,70);2H,1H3/b15-13+,28-14+,34-16-;/t32?,33-,35-,36-,47+,48?,51?,55?;/m1./s1. The van der Waals surface area contributed by atoms with E-state index in [1.807, 2.05) is 6.92 Å². The van der Waals surface area contributed by atoms with E-state index in [-0.39, 0.29) is 67.7 Å². The first kappa shape index (κ1) is 57.3. The number of ether oxygens (including phenoxy) is 3. The average molecular weight is 1040 g/mol. The molecule has 2 aromatic rings. The number of aliphatic hydroxyl groups is 3. The summed E-state index contributed by atoms with van der Waals surface area (Å²) in [6.45, 7) is 21.7. The van der Waals surface area contributed by atoms with Crippen LogP contribution >= 0.6 is 0 Å². The van der Waals surface area contributed by atoms with Crippen LogP contribution in [0.4, 0.5) is 5.69 Å². The summed E-state index contributed by atoms with van der Waals surface area (Å²) in [4.78, 5) is 73.2. The normalized spacial score (nSPS) is 30.5. The number of nitrogens with zero attached hydrogens (tertiary/aromatic N) is 5. The van der Waals surface area contributed by atoms with Gasteiger partial charge >= 0.3 is 11.8 Å². The van der Waals surface area contributed by atoms with Gasteiger partial charge in [-0.2, -0.15) is 0 Å². The molecule has 5 bridgehead atoms. The van der Waals surface area contributed by atoms with Gasteiger partial charge in [0.25, 0.3) is 11.7 Å². The zero-order valence-electron chi connectivity index (χ0n) is 45.7. The number of carbonyl (C=O) groups excluding carboxylic acids is 4. The summed E-state index contributed by atoms with van der Waals surface area (Å²) in [5.41, 5.74) is -0.570. The van der Waals surface area contributed by atoms with Crippen molar-refractivity contribution in [1.29, 1.82) is 0 Å². The van der Waals surface area contributed by atoms with Crippen LogP contribution in [-0.4, -0.2) is 153 Å². The molecule has 4 unspecified atom stereocenters. The summed E-state index contributed by atoms with van der Waals surface area (Å²) in [7, 11) is 1.00. The smallest absolute Gasteiger partial charge is 0.315 e. The molecule has 6 N–H and O–H groups in total. The van der Waals surface area contributed by atoms with Gasteiger partial charge in [-0.3, -0.25) is 29.2 Å². The third kappa shape index (κ3) is 11.9. The van der Waals surface area contributed by atoms with E-state index < -0.39 is 83.3 Å². The minimum atomic E-state index is -1.94. The largest absolute Gasteiger partial charge is 0.507 e. The molecular weight excluding hydrogens is 961 g/mol. The molecule has 8 atom stereocenters. The van der Waals surface area contributed by atoms with Gasteiger partial charge in [0.1, 0.15) is 35.1 Å². The number of aliphatic hydroxyl groups excluding tert-OH is 3. The monoisotopic (exact) mass is 1040 g/mol. The molecule has 7 aliphatic rings. The minimum Gasteiger partial charge on any atom is -0.507 e. The molecule has 0 saturated carbocycles. The van der Waals surface area contributed by atoms with Crippen molar-refractivity contribution >= 4 is 40.0 Å². The van der Waals surface area contributed by atoms with Crippen LogP contribution in [0.1, 0.15) is 129 Å². The number of phenols is 2. The molecule has 1 spiro atoms. The Morgan fingerprint density at radius 1 is 0.880 bits per heavy atom. The van der Waals surface area contributed by atoms with Crippen LogP contribution in [0.15, 0.2) is 46.1 Å². The Morgan fingerprint density at radius 2 is 1.53 bits per heavy atom. The van der Waals surface area contributed by atoms with E-state index in [9.17, 15) is 39.6 Å². The van der Waals surface area contributed by atoms with Crippen LogP contribution in [0.2, 0.25) is 0 Å². The van der Waals surface area contributed by atoms with Crippen LogP contribution in [0.5, 0.6) is 17.2 Å². The number of hydrogen-bond acceptors (Lipinski definition) is 16. The number of likely N-dealkylation sites (tertiary alicyclic amines) is 3. The molecule has 18 heteroatoms. The lowest BCUT2D eigenvalue weighted by molar-refractivity contribution is -0.162. The Kier molecular flexibility index (Phi) is 18.2. The molecule has 7 aliphatic heterocycles. The van der Waals surface area contributed by atoms with Gasteiger partial charge < -0.3 is 59.8 Å². The Bertz CT molecular complexity index is 2680. The van der Waals surface area contributed by atoms with Crippen molar-refractivity contribution in [3.63, 3.8) is 0 Å². The Morgan fingerprint density at radius 3 is 2.19 bits per heavy atom. The zero-order chi connectivity index (χ0) is 54.7. The van der Waals surface area contributed by atoms with Gasteiger partial charge in [-0.05, 0) is 77.0 Å². The van der Waals surface area contributed by atoms with Crippen LogP contribution in [0.3, 0.4) is 0 Å². The summed E-state index contributed by atoms with van der Waals surface area (Å²) < 4.78 is 18.7. The summed E-state index contributed by atoms with van der Waals surface area (Å²) in [5.74, 6) is -6.86. The van der Waals surface area contributed by atoms with E-state index in [4.69, 9.17) is 29.3 Å². The fourth-order valence-electron chi connectivity index (χ4n) is 11.9. The summed E-state index contributed by atoms with van der Waals surface area (Å²) >= 11 is 0. The highest BCUT2D eigenvalue weighted by Gasteiger charge is 2.50. The number of nitrogens with one attached hydrogen (secondary N) is 1. The number of fused-ring (bicyclic) bond motifs is 13. The van der Waals surface area contributed by atoms with Crippen molar-refractivity contribution in [2.75, 3.05) is 58.2 Å². The Hall–Kier alpha value is -5.40. The average Bonchev–Trinajstić information content (AvgIpc) is 3.91. The third-order valence-corrected chi connectivity index (χ3v) is 16.5. The fourth-order valence-corrected chi connectivity index (χ4v) is 11.9. The third-order valence-electron chi connectivity index (χ3n) is 16.5. The number of ketones is 1. The van der Waals surface area contributed by atoms with Crippen LogP contribution < -0.4 is 20.8 Å². The Labute approximate surface area is 441 Å². The lowest BCUT2D eigenvalue weighted by Gasteiger charge is -2.40. The fraction of sp³-hybridized carbons (Fsp3) is 0.649. The number of aromatic hydroxyl groups is 2. The Balaban J connectivity index is 0.00000405. The number of hydrogen-bond donors (Lipinski definition) is 6. The first-order valence-corrected chi connectivity index (χ1v) is 27.1. The molecule has 3 saturated heterocycles. The number of carbonyl (C=O) groups is 4. The number of Topliss-reactive ketones (excluding diaryl/α,β-unsaturated/α-hetero) is 1. The highest BCUT2D eigenvalue weighted by Crippen LogP contribution is 2.50. The number of esters is 1. The van der Waals surface area contributed by atoms with E-state index in [2.05, 4.69) is 29.0 Å². The molecule has 0 aromatic heterocycles. The number of anilines is 1. The first-order valence-electron chi connectivity index (χ1n) is 27.1. The maximum Gasteiger partial charge on any atom is 0.315 e. The van der Waals surface area contributed by atoms with Crippen molar-refractivity contribution in [2.24, 2.45) is 39.6 Å². The first-order chi connectivity index (χ1) is 35.6. The number of phenolic OH excluding ortho intramolecular Hbond substituents is 2. The minimum absolute atomic E-state index is 0.0454. The molecule has 75 heavy (non-hydrogen) atoms. The van der Waals surface area contributed by atoms with Gasteiger partial charge in [-0.15, -0.1) is 0 Å². The maximum absolute atomic E-state index is 14.9. The van der Waals surface area contributed by atoms with E-state index in [0.717, 1.165) is 39.6 Å².